The van der Waals surface area contributed by atoms with Crippen molar-refractivity contribution >= 4 is 146 Å². The number of aromatic carboxylic acids is 1. The number of ketones is 1. The number of nitrogens with zero attached hydrogens (tertiary/aromatic N) is 6. The molecule has 0 unspecified atom stereocenters. The van der Waals surface area contributed by atoms with E-state index in [1.165, 1.54) is 71.9 Å². The normalized spacial score (nSPS) is 23.1. The largest absolute Gasteiger partial charge is 0.478 e. The van der Waals surface area contributed by atoms with Crippen LogP contribution in [0.5, 0.6) is 0 Å². The SMILES string of the molecule is C.CCCC[C@H]1C(=O)N(C)[C@@H](CCCC)C(=O)N[C@@H](CCCNC(=N)N)C(=O)N[C@H](C(=O)NCC(N)=O)CSCC(=O)N[C@@H](Cc2ccc(C(=O)O)cc2)C(=O)N(C)[C@@H](C)C(=O)N[C@@H](CC(N)=O)C(=O)N2CCC[C@H]2C(=O)N[C@@H](Cc2cnc[nH]2)C(=O)N[C@@H](CC(C)C)C(=O)N(C)CC(=O)C[C@@H](Cc2c[nH]c3ccccc23)C(=O)N[C@@H](CO)C(=O)N[C@@H](Cc2c[nH]c3ccccc23)C(=O)N1C. The first-order chi connectivity index (χ1) is 64.2. The Balaban J connectivity index is 0.0000252. The first-order valence-corrected chi connectivity index (χ1v) is 46.2. The third-order valence-electron chi connectivity index (χ3n) is 23.8. The number of carbonyl (C=O) groups is 18. The predicted molar refractivity (Wildman–Crippen MR) is 504 cm³/mol. The molecule has 0 saturated carbocycles. The number of carbonyl (C=O) groups excluding carboxylic acids is 17. The van der Waals surface area contributed by atoms with Crippen LogP contribution in [0.4, 0.5) is 0 Å². The second-order valence-electron chi connectivity index (χ2n) is 34.5. The number of imidazole rings is 1. The number of hydrogen-bond donors (Lipinski definition) is 19. The van der Waals surface area contributed by atoms with Gasteiger partial charge in [-0.15, -0.1) is 11.8 Å². The number of aliphatic hydroxyl groups excluding tert-OH is 1. The molecule has 2 saturated heterocycles. The van der Waals surface area contributed by atoms with Crippen LogP contribution in [0.2, 0.25) is 0 Å². The number of unbranched alkanes of at least 4 members (excludes halogenated alkanes) is 2. The van der Waals surface area contributed by atoms with Gasteiger partial charge < -0.3 is 120 Å². The van der Waals surface area contributed by atoms with E-state index in [1.807, 2.05) is 13.8 Å². The van der Waals surface area contributed by atoms with Crippen molar-refractivity contribution in [3.8, 4) is 0 Å². The molecule has 22 N–H and O–H groups in total. The lowest BCUT2D eigenvalue weighted by molar-refractivity contribution is -0.149. The van der Waals surface area contributed by atoms with Crippen LogP contribution in [0.3, 0.4) is 0 Å². The van der Waals surface area contributed by atoms with E-state index in [4.69, 9.17) is 22.6 Å². The van der Waals surface area contributed by atoms with Gasteiger partial charge in [-0.1, -0.05) is 109 Å². The summed E-state index contributed by atoms with van der Waals surface area (Å²) >= 11 is 0.737. The van der Waals surface area contributed by atoms with Crippen molar-refractivity contribution in [2.24, 2.45) is 29.0 Å². The van der Waals surface area contributed by atoms with Crippen molar-refractivity contribution in [3.05, 3.63) is 126 Å². The molecule has 16 amide bonds. The smallest absolute Gasteiger partial charge is 0.335 e. The lowest BCUT2D eigenvalue weighted by atomic mass is 9.92. The van der Waals surface area contributed by atoms with Crippen LogP contribution in [0.15, 0.2) is 97.7 Å². The number of para-hydroxylation sites is 2. The van der Waals surface area contributed by atoms with Gasteiger partial charge in [-0.3, -0.25) is 86.9 Å². The highest BCUT2D eigenvalue weighted by Gasteiger charge is 2.44. The van der Waals surface area contributed by atoms with E-state index in [0.717, 1.165) is 36.3 Å². The Morgan fingerprint density at radius 1 is 0.574 bits per heavy atom. The van der Waals surface area contributed by atoms with Crippen LogP contribution < -0.4 is 70.4 Å². The third kappa shape index (κ3) is 31.4. The van der Waals surface area contributed by atoms with Crippen molar-refractivity contribution in [1.29, 1.82) is 5.41 Å². The molecule has 0 spiro atoms. The molecule has 2 aliphatic heterocycles. The van der Waals surface area contributed by atoms with Gasteiger partial charge in [-0.25, -0.2) is 9.78 Å². The zero-order chi connectivity index (χ0) is 99.0. The Bertz CT molecular complexity index is 5220. The minimum absolute atomic E-state index is 0. The Labute approximate surface area is 792 Å². The zero-order valence-corrected chi connectivity index (χ0v) is 78.2. The topological polar surface area (TPSA) is 646 Å². The first-order valence-electron chi connectivity index (χ1n) is 45.0. The Kier molecular flexibility index (Phi) is 42.4. The van der Waals surface area contributed by atoms with Crippen molar-refractivity contribution in [3.63, 3.8) is 0 Å². The summed E-state index contributed by atoms with van der Waals surface area (Å²) in [5, 5.41) is 56.4. The van der Waals surface area contributed by atoms with Gasteiger partial charge in [0, 0.05) is 125 Å². The summed E-state index contributed by atoms with van der Waals surface area (Å²) in [5.74, 6) is -20.0. The molecule has 5 heterocycles. The second kappa shape index (κ2) is 52.7. The Morgan fingerprint density at radius 2 is 1.14 bits per heavy atom. The molecule has 0 bridgehead atoms. The lowest BCUT2D eigenvalue weighted by Gasteiger charge is -2.36. The Morgan fingerprint density at radius 3 is 1.74 bits per heavy atom. The molecule has 0 aliphatic carbocycles. The van der Waals surface area contributed by atoms with Crippen LogP contribution in [-0.2, 0) is 107 Å². The molecule has 3 aromatic heterocycles. The maximum atomic E-state index is 15.7. The van der Waals surface area contributed by atoms with E-state index in [0.29, 0.717) is 69.9 Å². The molecular formula is C92H131N23O20S. The number of primary amides is 2. The number of guanidine groups is 1. The number of hydrogen-bond acceptors (Lipinski definition) is 22. The zero-order valence-electron chi connectivity index (χ0n) is 77.4. The molecule has 2 aliphatic rings. The molecule has 44 heteroatoms. The maximum Gasteiger partial charge on any atom is 0.335 e. The molecule has 13 atom stereocenters. The number of nitrogens with two attached hydrogens (primary N) is 3. The van der Waals surface area contributed by atoms with E-state index in [1.54, 1.807) is 74.8 Å². The summed E-state index contributed by atoms with van der Waals surface area (Å²) in [7, 11) is 5.20. The van der Waals surface area contributed by atoms with Gasteiger partial charge >= 0.3 is 5.97 Å². The summed E-state index contributed by atoms with van der Waals surface area (Å²) < 4.78 is 0. The average Bonchev–Trinajstić information content (AvgIpc) is 1.54. The molecule has 6 aromatic rings. The highest BCUT2D eigenvalue weighted by atomic mass is 32.2. The number of thioether (sulfide) groups is 1. The molecule has 2 fully saturated rings. The van der Waals surface area contributed by atoms with Gasteiger partial charge in [0.05, 0.1) is 43.8 Å². The van der Waals surface area contributed by atoms with Gasteiger partial charge in [0.15, 0.2) is 11.7 Å². The summed E-state index contributed by atoms with van der Waals surface area (Å²) in [4.78, 5) is 280. The predicted octanol–water partition coefficient (Wildman–Crippen LogP) is -0.713. The fourth-order valence-corrected chi connectivity index (χ4v) is 17.1. The molecule has 43 nitrogen and oxygen atoms in total. The second-order valence-corrected chi connectivity index (χ2v) is 35.5. The number of benzene rings is 3. The molecule has 0 radical (unpaired) electrons. The maximum absolute atomic E-state index is 15.7. The highest BCUT2D eigenvalue weighted by molar-refractivity contribution is 8.00. The van der Waals surface area contributed by atoms with Crippen molar-refractivity contribution in [2.45, 2.75) is 224 Å². The van der Waals surface area contributed by atoms with Crippen molar-refractivity contribution < 1.29 is 96.5 Å². The van der Waals surface area contributed by atoms with Crippen LogP contribution in [-0.4, -0.2) is 312 Å². The summed E-state index contributed by atoms with van der Waals surface area (Å²) in [5.41, 5.74) is 19.7. The number of carboxylic acids is 1. The Hall–Kier alpha value is -13.8. The number of H-pyrrole nitrogens is 3. The van der Waals surface area contributed by atoms with Gasteiger partial charge in [0.2, 0.25) is 94.5 Å². The molecule has 3 aromatic carbocycles. The summed E-state index contributed by atoms with van der Waals surface area (Å²) in [6, 6.07) is 0.920. The van der Waals surface area contributed by atoms with Gasteiger partial charge in [0.25, 0.3) is 0 Å². The van der Waals surface area contributed by atoms with E-state index >= 15 is 24.0 Å². The van der Waals surface area contributed by atoms with Crippen LogP contribution in [0.1, 0.15) is 158 Å². The quantitative estimate of drug-likeness (QED) is 0.0172. The number of nitrogens with one attached hydrogen (secondary N) is 14. The average molecular weight is 1910 g/mol. The fourth-order valence-electron chi connectivity index (χ4n) is 16.2. The molecule has 740 valence electrons. The number of amides is 16. The van der Waals surface area contributed by atoms with Crippen LogP contribution in [0, 0.1) is 17.2 Å². The number of aromatic nitrogens is 4. The number of likely N-dealkylation sites (N-methyl/N-ethyl adjacent to an activating group) is 4. The van der Waals surface area contributed by atoms with Crippen LogP contribution in [0.25, 0.3) is 21.8 Å². The number of fused-ring (bicyclic) bond motifs is 3. The van der Waals surface area contributed by atoms with Crippen molar-refractivity contribution in [2.75, 3.05) is 72.5 Å². The minimum Gasteiger partial charge on any atom is -0.478 e. The fraction of sp³-hybridized carbons (Fsp3) is 0.522. The number of Topliss-reactive ketones (excluding diaryl/α,β-unsaturated/α-hetero) is 1. The van der Waals surface area contributed by atoms with Gasteiger partial charge in [-0.2, -0.15) is 0 Å². The summed E-state index contributed by atoms with van der Waals surface area (Å²) in [6.45, 7) is 5.89. The highest BCUT2D eigenvalue weighted by Crippen LogP contribution is 2.28. The number of aromatic amines is 3. The first kappa shape index (κ1) is 109. The van der Waals surface area contributed by atoms with E-state index < -0.39 is 235 Å². The van der Waals surface area contributed by atoms with Gasteiger partial charge in [0.1, 0.15) is 72.5 Å². The lowest BCUT2D eigenvalue weighted by Crippen LogP contribution is -2.61. The third-order valence-corrected chi connectivity index (χ3v) is 24.8. The number of rotatable bonds is 27. The summed E-state index contributed by atoms with van der Waals surface area (Å²) in [6.07, 6.45) is 5.12. The van der Waals surface area contributed by atoms with E-state index in [2.05, 4.69) is 73.1 Å². The van der Waals surface area contributed by atoms with Crippen molar-refractivity contribution in [1.82, 2.24) is 97.6 Å². The minimum atomic E-state index is -1.82. The number of aliphatic hydroxyl groups is 1. The molecule has 136 heavy (non-hydrogen) atoms. The molecule has 8 rings (SSSR count). The standard InChI is InChI=1S/C91H127N23O20S.CH4/c1-10-12-25-71-83(126)103-63(24-18-32-97-91(94)95)80(123)109-70(79(122)100-44-75(93)118)47-135-48-76(119)102-66(35-52-28-30-53(31-29-52)90(133)134)86(129)111(7)51(5)77(120)105-68(40-74(92)117)88(131)114-33-19-27-72(114)84(127)104-64(39-57-43-96-49-101-57)81(124)106-65(34-50(3)4)85(128)110(6)45-58(116)37-54(36-55-41-98-61-22-16-14-20-59(55)61)78(121)108-69(46-115)82(125)107-67(38-56-42-99-62-23-17-15-21-60(56)62)87(130)113(9)73(26-13-11-2)89(132)112(71)8;/h14-17,20-23,28-31,41-43,49-51,54,63-73,98-99,115H,10-13,18-19,24-27,32-40,44-48H2,1-9H3,(H2,92,117)(H2,93,118)(H,96,101)(H,100,122)(H,102,119)(H,103,126)(H,104,127)(H,105,120)(H,106,124)(H,107,125)(H,108,121)(H,109,123)(H,133,134)(H4,94,95,97);1H4/t51-,54+,63-,64-,65-,66-,67-,68-,69-,70-,71-,72-,73-;/m0./s1. The van der Waals surface area contributed by atoms with Crippen LogP contribution >= 0.6 is 11.8 Å². The van der Waals surface area contributed by atoms with E-state index in [-0.39, 0.29) is 103 Å². The molecular weight excluding hydrogens is 1780 g/mol. The monoisotopic (exact) mass is 1910 g/mol. The van der Waals surface area contributed by atoms with Gasteiger partial charge in [-0.05, 0) is 105 Å². The number of carboxylic acid groups (broad SMARTS) is 1. The van der Waals surface area contributed by atoms with E-state index in [9.17, 15) is 72.5 Å².